The van der Waals surface area contributed by atoms with Crippen molar-refractivity contribution in [2.24, 2.45) is 0 Å². The second kappa shape index (κ2) is 5.98. The van der Waals surface area contributed by atoms with Crippen LogP contribution in [0.15, 0.2) is 18.5 Å². The lowest BCUT2D eigenvalue weighted by Crippen LogP contribution is -2.18. The van der Waals surface area contributed by atoms with E-state index in [4.69, 9.17) is 4.74 Å². The van der Waals surface area contributed by atoms with Crippen molar-refractivity contribution in [3.63, 3.8) is 0 Å². The van der Waals surface area contributed by atoms with Crippen molar-refractivity contribution in [3.05, 3.63) is 18.5 Å². The van der Waals surface area contributed by atoms with Crippen LogP contribution in [0.4, 0.5) is 5.69 Å². The summed E-state index contributed by atoms with van der Waals surface area (Å²) in [4.78, 5) is 15.3. The molecule has 5 heteroatoms. The van der Waals surface area contributed by atoms with E-state index >= 15 is 0 Å². The molecule has 0 unspecified atom stereocenters. The molecule has 0 atom stereocenters. The molecule has 2 N–H and O–H groups in total. The Morgan fingerprint density at radius 1 is 1.53 bits per heavy atom. The highest BCUT2D eigenvalue weighted by molar-refractivity contribution is 5.90. The average molecular weight is 209 g/mol. The van der Waals surface area contributed by atoms with Crippen LogP contribution in [-0.2, 0) is 4.79 Å². The third-order valence-corrected chi connectivity index (χ3v) is 1.83. The Hall–Kier alpha value is -1.62. The molecule has 0 saturated carbocycles. The first-order valence-corrected chi connectivity index (χ1v) is 4.69. The van der Waals surface area contributed by atoms with Crippen LogP contribution in [0.1, 0.15) is 6.42 Å². The average Bonchev–Trinajstić information content (AvgIpc) is 2.26. The second-order valence-corrected chi connectivity index (χ2v) is 3.02. The number of hydrogen-bond donors (Lipinski definition) is 2. The Kier molecular flexibility index (Phi) is 4.56. The van der Waals surface area contributed by atoms with Gasteiger partial charge in [-0.1, -0.05) is 0 Å². The molecule has 1 amide bonds. The standard InChI is InChI=1S/C10H15N3O2/c1-11-4-3-10(14)13-8-5-9(15-2)7-12-6-8/h5-7,11H,3-4H2,1-2H3,(H,13,14). The van der Waals surface area contributed by atoms with Gasteiger partial charge in [0.15, 0.2) is 0 Å². The monoisotopic (exact) mass is 209 g/mol. The van der Waals surface area contributed by atoms with E-state index in [1.807, 2.05) is 0 Å². The number of nitrogens with one attached hydrogen (secondary N) is 2. The molecule has 0 radical (unpaired) electrons. The number of methoxy groups -OCH3 is 1. The number of ether oxygens (including phenoxy) is 1. The molecule has 0 aliphatic carbocycles. The zero-order chi connectivity index (χ0) is 11.1. The molecule has 0 fully saturated rings. The van der Waals surface area contributed by atoms with E-state index in [1.54, 1.807) is 32.6 Å². The van der Waals surface area contributed by atoms with Crippen LogP contribution >= 0.6 is 0 Å². The van der Waals surface area contributed by atoms with E-state index in [-0.39, 0.29) is 5.91 Å². The normalized spacial score (nSPS) is 9.73. The highest BCUT2D eigenvalue weighted by Crippen LogP contribution is 2.14. The van der Waals surface area contributed by atoms with Crippen molar-refractivity contribution >= 4 is 11.6 Å². The summed E-state index contributed by atoms with van der Waals surface area (Å²) >= 11 is 0. The van der Waals surface area contributed by atoms with Crippen LogP contribution in [0.3, 0.4) is 0 Å². The zero-order valence-electron chi connectivity index (χ0n) is 8.91. The molecule has 0 aliphatic heterocycles. The highest BCUT2D eigenvalue weighted by atomic mass is 16.5. The largest absolute Gasteiger partial charge is 0.495 e. The molecule has 1 aromatic rings. The van der Waals surface area contributed by atoms with Crippen LogP contribution in [0.25, 0.3) is 0 Å². The molecule has 82 valence electrons. The van der Waals surface area contributed by atoms with Gasteiger partial charge in [-0.25, -0.2) is 0 Å². The predicted molar refractivity (Wildman–Crippen MR) is 58.0 cm³/mol. The number of carbonyl (C=O) groups is 1. The number of amides is 1. The van der Waals surface area contributed by atoms with Gasteiger partial charge >= 0.3 is 0 Å². The van der Waals surface area contributed by atoms with E-state index in [2.05, 4.69) is 15.6 Å². The maximum atomic E-state index is 11.4. The number of carbonyl (C=O) groups excluding carboxylic acids is 1. The number of nitrogens with zero attached hydrogens (tertiary/aromatic N) is 1. The van der Waals surface area contributed by atoms with Crippen molar-refractivity contribution < 1.29 is 9.53 Å². The molecule has 1 heterocycles. The Balaban J connectivity index is 2.52. The van der Waals surface area contributed by atoms with E-state index in [0.29, 0.717) is 24.4 Å². The lowest BCUT2D eigenvalue weighted by Gasteiger charge is -2.05. The van der Waals surface area contributed by atoms with Crippen molar-refractivity contribution in [3.8, 4) is 5.75 Å². The number of hydrogen-bond acceptors (Lipinski definition) is 4. The van der Waals surface area contributed by atoms with Crippen molar-refractivity contribution in [1.29, 1.82) is 0 Å². The topological polar surface area (TPSA) is 63.2 Å². The van der Waals surface area contributed by atoms with E-state index < -0.39 is 0 Å². The van der Waals surface area contributed by atoms with Gasteiger partial charge in [0, 0.05) is 19.0 Å². The smallest absolute Gasteiger partial charge is 0.225 e. The Labute approximate surface area is 88.9 Å². The quantitative estimate of drug-likeness (QED) is 0.747. The Bertz CT molecular complexity index is 328. The van der Waals surface area contributed by atoms with Crippen molar-refractivity contribution in [1.82, 2.24) is 10.3 Å². The minimum Gasteiger partial charge on any atom is -0.495 e. The predicted octanol–water partition coefficient (Wildman–Crippen LogP) is 0.638. The van der Waals surface area contributed by atoms with Gasteiger partial charge < -0.3 is 15.4 Å². The fourth-order valence-electron chi connectivity index (χ4n) is 1.06. The summed E-state index contributed by atoms with van der Waals surface area (Å²) in [5, 5.41) is 5.64. The van der Waals surface area contributed by atoms with E-state index in [1.165, 1.54) is 0 Å². The van der Waals surface area contributed by atoms with E-state index in [9.17, 15) is 4.79 Å². The second-order valence-electron chi connectivity index (χ2n) is 3.02. The third kappa shape index (κ3) is 3.95. The number of rotatable bonds is 5. The van der Waals surface area contributed by atoms with Gasteiger partial charge in [0.05, 0.1) is 25.2 Å². The van der Waals surface area contributed by atoms with Gasteiger partial charge in [0.25, 0.3) is 0 Å². The molecular weight excluding hydrogens is 194 g/mol. The number of aromatic nitrogens is 1. The summed E-state index contributed by atoms with van der Waals surface area (Å²) in [5.41, 5.74) is 0.649. The van der Waals surface area contributed by atoms with Gasteiger partial charge in [-0.3, -0.25) is 9.78 Å². The summed E-state index contributed by atoms with van der Waals surface area (Å²) in [6.07, 6.45) is 3.61. The molecule has 15 heavy (non-hydrogen) atoms. The molecule has 1 rings (SSSR count). The van der Waals surface area contributed by atoms with Crippen LogP contribution in [0.5, 0.6) is 5.75 Å². The summed E-state index contributed by atoms with van der Waals surface area (Å²) in [6.45, 7) is 0.656. The maximum Gasteiger partial charge on any atom is 0.225 e. The molecular formula is C10H15N3O2. The first-order chi connectivity index (χ1) is 7.26. The van der Waals surface area contributed by atoms with Crippen molar-refractivity contribution in [2.45, 2.75) is 6.42 Å². The zero-order valence-corrected chi connectivity index (χ0v) is 8.91. The van der Waals surface area contributed by atoms with Gasteiger partial charge in [-0.2, -0.15) is 0 Å². The molecule has 0 spiro atoms. The minimum absolute atomic E-state index is 0.0422. The Morgan fingerprint density at radius 2 is 2.33 bits per heavy atom. The van der Waals surface area contributed by atoms with Crippen molar-refractivity contribution in [2.75, 3.05) is 26.0 Å². The SMILES string of the molecule is CNCCC(=O)Nc1cncc(OC)c1. The summed E-state index contributed by atoms with van der Waals surface area (Å²) in [7, 11) is 3.37. The fraction of sp³-hybridized carbons (Fsp3) is 0.400. The summed E-state index contributed by atoms with van der Waals surface area (Å²) in [5.74, 6) is 0.584. The minimum atomic E-state index is -0.0422. The first kappa shape index (κ1) is 11.5. The molecule has 0 saturated heterocycles. The van der Waals surface area contributed by atoms with Crippen LogP contribution in [-0.4, -0.2) is 31.6 Å². The first-order valence-electron chi connectivity index (χ1n) is 4.69. The molecule has 5 nitrogen and oxygen atoms in total. The van der Waals surface area contributed by atoms with Gasteiger partial charge in [0.1, 0.15) is 5.75 Å². The number of anilines is 1. The van der Waals surface area contributed by atoms with Crippen LogP contribution < -0.4 is 15.4 Å². The molecule has 1 aromatic heterocycles. The summed E-state index contributed by atoms with van der Waals surface area (Å²) in [6, 6.07) is 1.73. The van der Waals surface area contributed by atoms with E-state index in [0.717, 1.165) is 0 Å². The molecule has 0 bridgehead atoms. The number of pyridine rings is 1. The van der Waals surface area contributed by atoms with Gasteiger partial charge in [-0.15, -0.1) is 0 Å². The maximum absolute atomic E-state index is 11.4. The van der Waals surface area contributed by atoms with Gasteiger partial charge in [-0.05, 0) is 7.05 Å². The lowest BCUT2D eigenvalue weighted by atomic mass is 10.3. The van der Waals surface area contributed by atoms with Crippen LogP contribution in [0, 0.1) is 0 Å². The summed E-state index contributed by atoms with van der Waals surface area (Å²) < 4.78 is 4.99. The molecule has 0 aliphatic rings. The van der Waals surface area contributed by atoms with Crippen LogP contribution in [0.2, 0.25) is 0 Å². The Morgan fingerprint density at radius 3 is 3.00 bits per heavy atom. The third-order valence-electron chi connectivity index (χ3n) is 1.83. The molecule has 0 aromatic carbocycles. The fourth-order valence-corrected chi connectivity index (χ4v) is 1.06. The lowest BCUT2D eigenvalue weighted by molar-refractivity contribution is -0.116. The van der Waals surface area contributed by atoms with Gasteiger partial charge in [0.2, 0.25) is 5.91 Å². The highest BCUT2D eigenvalue weighted by Gasteiger charge is 2.02.